The van der Waals surface area contributed by atoms with E-state index in [2.05, 4.69) is 11.8 Å². The maximum atomic E-state index is 5.85. The van der Waals surface area contributed by atoms with Crippen LogP contribution in [0, 0.1) is 5.41 Å². The molecule has 1 aliphatic carbocycles. The van der Waals surface area contributed by atoms with E-state index in [9.17, 15) is 0 Å². The highest BCUT2D eigenvalue weighted by Gasteiger charge is 2.35. The van der Waals surface area contributed by atoms with Crippen molar-refractivity contribution in [2.75, 3.05) is 19.6 Å². The van der Waals surface area contributed by atoms with Crippen molar-refractivity contribution < 1.29 is 0 Å². The SMILES string of the molecule is C[C@H](N)CN1CCC2(CCCCC2)CC1. The third-order valence-corrected chi connectivity index (χ3v) is 4.38. The predicted octanol–water partition coefficient (Wildman–Crippen LogP) is 2.38. The molecule has 1 atom stereocenters. The van der Waals surface area contributed by atoms with Crippen LogP contribution in [0.25, 0.3) is 0 Å². The summed E-state index contributed by atoms with van der Waals surface area (Å²) >= 11 is 0. The number of nitrogens with two attached hydrogens (primary N) is 1. The zero-order valence-electron chi connectivity index (χ0n) is 10.2. The van der Waals surface area contributed by atoms with Gasteiger partial charge in [-0.25, -0.2) is 0 Å². The summed E-state index contributed by atoms with van der Waals surface area (Å²) in [6.45, 7) is 5.80. The Hall–Kier alpha value is -0.0800. The molecule has 0 radical (unpaired) electrons. The monoisotopic (exact) mass is 210 g/mol. The van der Waals surface area contributed by atoms with E-state index in [4.69, 9.17) is 5.73 Å². The van der Waals surface area contributed by atoms with Crippen molar-refractivity contribution in [2.45, 2.75) is 57.9 Å². The molecule has 0 aromatic carbocycles. The average Bonchev–Trinajstić information content (AvgIpc) is 2.23. The van der Waals surface area contributed by atoms with E-state index in [1.165, 1.54) is 58.0 Å². The molecule has 2 fully saturated rings. The number of hydrogen-bond donors (Lipinski definition) is 1. The second-order valence-electron chi connectivity index (χ2n) is 5.84. The number of hydrogen-bond acceptors (Lipinski definition) is 2. The van der Waals surface area contributed by atoms with Crippen molar-refractivity contribution in [3.05, 3.63) is 0 Å². The minimum Gasteiger partial charge on any atom is -0.327 e. The zero-order chi connectivity index (χ0) is 10.7. The first-order valence-electron chi connectivity index (χ1n) is 6.68. The molecule has 1 heterocycles. The summed E-state index contributed by atoms with van der Waals surface area (Å²) < 4.78 is 0. The van der Waals surface area contributed by atoms with Gasteiger partial charge in [0.15, 0.2) is 0 Å². The number of nitrogens with zero attached hydrogens (tertiary/aromatic N) is 1. The molecule has 0 amide bonds. The van der Waals surface area contributed by atoms with Gasteiger partial charge in [-0.2, -0.15) is 0 Å². The standard InChI is InChI=1S/C13H26N2/c1-12(14)11-15-9-7-13(8-10-15)5-3-2-4-6-13/h12H,2-11,14H2,1H3/t12-/m0/s1. The quantitative estimate of drug-likeness (QED) is 0.758. The maximum Gasteiger partial charge on any atom is 0.0139 e. The predicted molar refractivity (Wildman–Crippen MR) is 64.8 cm³/mol. The summed E-state index contributed by atoms with van der Waals surface area (Å²) in [7, 11) is 0. The van der Waals surface area contributed by atoms with E-state index in [0.717, 1.165) is 12.0 Å². The Balaban J connectivity index is 1.80. The van der Waals surface area contributed by atoms with Gasteiger partial charge in [-0.3, -0.25) is 0 Å². The van der Waals surface area contributed by atoms with E-state index < -0.39 is 0 Å². The number of likely N-dealkylation sites (tertiary alicyclic amines) is 1. The Kier molecular flexibility index (Phi) is 3.68. The Morgan fingerprint density at radius 3 is 2.20 bits per heavy atom. The van der Waals surface area contributed by atoms with Crippen molar-refractivity contribution in [3.63, 3.8) is 0 Å². The van der Waals surface area contributed by atoms with Crippen LogP contribution in [0.2, 0.25) is 0 Å². The molecule has 1 spiro atoms. The molecule has 15 heavy (non-hydrogen) atoms. The molecule has 2 N–H and O–H groups in total. The highest BCUT2D eigenvalue weighted by atomic mass is 15.1. The van der Waals surface area contributed by atoms with Gasteiger partial charge in [0.05, 0.1) is 0 Å². The van der Waals surface area contributed by atoms with Gasteiger partial charge in [-0.1, -0.05) is 19.3 Å². The smallest absolute Gasteiger partial charge is 0.0139 e. The summed E-state index contributed by atoms with van der Waals surface area (Å²) in [6, 6.07) is 0.338. The molecule has 0 unspecified atom stereocenters. The lowest BCUT2D eigenvalue weighted by atomic mass is 9.68. The lowest BCUT2D eigenvalue weighted by molar-refractivity contribution is 0.0657. The number of piperidine rings is 1. The van der Waals surface area contributed by atoms with Crippen LogP contribution in [0.5, 0.6) is 0 Å². The highest BCUT2D eigenvalue weighted by Crippen LogP contribution is 2.44. The van der Waals surface area contributed by atoms with Crippen molar-refractivity contribution >= 4 is 0 Å². The van der Waals surface area contributed by atoms with Gasteiger partial charge >= 0.3 is 0 Å². The summed E-state index contributed by atoms with van der Waals surface area (Å²) in [5.41, 5.74) is 6.59. The largest absolute Gasteiger partial charge is 0.327 e. The van der Waals surface area contributed by atoms with E-state index in [1.807, 2.05) is 0 Å². The van der Waals surface area contributed by atoms with Crippen LogP contribution in [0.1, 0.15) is 51.9 Å². The molecule has 2 nitrogen and oxygen atoms in total. The van der Waals surface area contributed by atoms with Gasteiger partial charge in [0.2, 0.25) is 0 Å². The Morgan fingerprint density at radius 2 is 1.67 bits per heavy atom. The molecule has 1 aliphatic heterocycles. The van der Waals surface area contributed by atoms with Crippen molar-refractivity contribution in [1.29, 1.82) is 0 Å². The summed E-state index contributed by atoms with van der Waals surface area (Å²) in [4.78, 5) is 2.56. The van der Waals surface area contributed by atoms with Crippen molar-refractivity contribution in [3.8, 4) is 0 Å². The fraction of sp³-hybridized carbons (Fsp3) is 1.00. The van der Waals surface area contributed by atoms with Crippen LogP contribution in [0.15, 0.2) is 0 Å². The summed E-state index contributed by atoms with van der Waals surface area (Å²) in [6.07, 6.45) is 10.3. The highest BCUT2D eigenvalue weighted by molar-refractivity contribution is 4.88. The van der Waals surface area contributed by atoms with Crippen LogP contribution in [0.3, 0.4) is 0 Å². The molecule has 2 heteroatoms. The van der Waals surface area contributed by atoms with Gasteiger partial charge in [0.1, 0.15) is 0 Å². The molecule has 2 aliphatic rings. The molecule has 1 saturated carbocycles. The van der Waals surface area contributed by atoms with E-state index in [0.29, 0.717) is 6.04 Å². The van der Waals surface area contributed by atoms with Gasteiger partial charge in [0, 0.05) is 12.6 Å². The van der Waals surface area contributed by atoms with E-state index in [-0.39, 0.29) is 0 Å². The van der Waals surface area contributed by atoms with E-state index >= 15 is 0 Å². The first-order chi connectivity index (χ1) is 7.20. The third kappa shape index (κ3) is 2.94. The van der Waals surface area contributed by atoms with Gasteiger partial charge < -0.3 is 10.6 Å². The maximum absolute atomic E-state index is 5.85. The van der Waals surface area contributed by atoms with Crippen LogP contribution in [-0.4, -0.2) is 30.6 Å². The molecule has 2 rings (SSSR count). The zero-order valence-corrected chi connectivity index (χ0v) is 10.2. The second kappa shape index (κ2) is 4.84. The van der Waals surface area contributed by atoms with Crippen molar-refractivity contribution in [1.82, 2.24) is 4.90 Å². The fourth-order valence-electron chi connectivity index (χ4n) is 3.42. The topological polar surface area (TPSA) is 29.3 Å². The summed E-state index contributed by atoms with van der Waals surface area (Å²) in [5, 5.41) is 0. The molecular weight excluding hydrogens is 184 g/mol. The third-order valence-electron chi connectivity index (χ3n) is 4.38. The molecule has 1 saturated heterocycles. The molecule has 0 aromatic rings. The number of rotatable bonds is 2. The first-order valence-corrected chi connectivity index (χ1v) is 6.68. The minimum absolute atomic E-state index is 0.338. The van der Waals surface area contributed by atoms with Crippen LogP contribution in [0.4, 0.5) is 0 Å². The second-order valence-corrected chi connectivity index (χ2v) is 5.84. The van der Waals surface area contributed by atoms with Crippen LogP contribution >= 0.6 is 0 Å². The Bertz CT molecular complexity index is 185. The molecule has 0 bridgehead atoms. The van der Waals surface area contributed by atoms with Crippen LogP contribution < -0.4 is 5.73 Å². The molecule has 0 aromatic heterocycles. The fourth-order valence-corrected chi connectivity index (χ4v) is 3.42. The lowest BCUT2D eigenvalue weighted by Gasteiger charge is -2.44. The average molecular weight is 210 g/mol. The first kappa shape index (κ1) is 11.4. The molecule has 88 valence electrons. The van der Waals surface area contributed by atoms with Gasteiger partial charge in [0.25, 0.3) is 0 Å². The Morgan fingerprint density at radius 1 is 1.07 bits per heavy atom. The van der Waals surface area contributed by atoms with Gasteiger partial charge in [-0.15, -0.1) is 0 Å². The summed E-state index contributed by atoms with van der Waals surface area (Å²) in [5.74, 6) is 0. The van der Waals surface area contributed by atoms with Crippen molar-refractivity contribution in [2.24, 2.45) is 11.1 Å². The minimum atomic E-state index is 0.338. The molecular formula is C13H26N2. The van der Waals surface area contributed by atoms with Crippen LogP contribution in [-0.2, 0) is 0 Å². The van der Waals surface area contributed by atoms with E-state index in [1.54, 1.807) is 0 Å². The lowest BCUT2D eigenvalue weighted by Crippen LogP contribution is -2.44. The van der Waals surface area contributed by atoms with Gasteiger partial charge in [-0.05, 0) is 51.1 Å². The normalized spacial score (nSPS) is 29.2. The Labute approximate surface area is 94.2 Å².